The monoisotopic (exact) mass is 753 g/mol. The van der Waals surface area contributed by atoms with Crippen molar-refractivity contribution in [2.24, 2.45) is 0 Å². The average Bonchev–Trinajstić information content (AvgIpc) is 3.73. The van der Waals surface area contributed by atoms with E-state index in [1.807, 2.05) is 0 Å². The molecule has 0 aliphatic heterocycles. The van der Waals surface area contributed by atoms with E-state index in [-0.39, 0.29) is 5.41 Å². The second-order valence-corrected chi connectivity index (χ2v) is 16.5. The lowest BCUT2D eigenvalue weighted by Crippen LogP contribution is -2.28. The Labute approximate surface area is 347 Å². The maximum Gasteiger partial charge on any atom is 0.0713 e. The normalized spacial score (nSPS) is 13.9. The van der Waals surface area contributed by atoms with Gasteiger partial charge < -0.3 is 4.90 Å². The molecule has 2 aliphatic carbocycles. The molecular formula is C58H43N. The summed E-state index contributed by atoms with van der Waals surface area (Å²) in [4.78, 5) is 2.41. The highest BCUT2D eigenvalue weighted by Crippen LogP contribution is 2.57. The van der Waals surface area contributed by atoms with Crippen molar-refractivity contribution in [3.05, 3.63) is 258 Å². The first-order valence-corrected chi connectivity index (χ1v) is 20.7. The van der Waals surface area contributed by atoms with Gasteiger partial charge in [-0.2, -0.15) is 0 Å². The Kier molecular flexibility index (Phi) is 8.13. The summed E-state index contributed by atoms with van der Waals surface area (Å²) in [5.41, 5.74) is 20.9. The molecule has 0 radical (unpaired) electrons. The molecule has 9 aromatic carbocycles. The van der Waals surface area contributed by atoms with Crippen molar-refractivity contribution in [2.75, 3.05) is 4.90 Å². The number of nitrogens with zero attached hydrogens (tertiary/aromatic N) is 1. The topological polar surface area (TPSA) is 3.24 Å². The van der Waals surface area contributed by atoms with Gasteiger partial charge >= 0.3 is 0 Å². The van der Waals surface area contributed by atoms with Gasteiger partial charge in [-0.1, -0.05) is 196 Å². The van der Waals surface area contributed by atoms with Gasteiger partial charge in [-0.25, -0.2) is 0 Å². The van der Waals surface area contributed by atoms with Crippen LogP contribution in [0, 0.1) is 0 Å². The van der Waals surface area contributed by atoms with Gasteiger partial charge in [0, 0.05) is 22.5 Å². The predicted octanol–water partition coefficient (Wildman–Crippen LogP) is 15.2. The third-order valence-corrected chi connectivity index (χ3v) is 13.0. The van der Waals surface area contributed by atoms with E-state index >= 15 is 0 Å². The van der Waals surface area contributed by atoms with Gasteiger partial charge in [0.1, 0.15) is 0 Å². The van der Waals surface area contributed by atoms with E-state index in [2.05, 4.69) is 243 Å². The zero-order chi connectivity index (χ0) is 39.6. The van der Waals surface area contributed by atoms with Crippen LogP contribution in [0.5, 0.6) is 0 Å². The maximum atomic E-state index is 2.45. The Balaban J connectivity index is 1.03. The van der Waals surface area contributed by atoms with E-state index in [0.29, 0.717) is 0 Å². The number of rotatable bonds is 7. The van der Waals surface area contributed by atoms with Crippen LogP contribution >= 0.6 is 0 Å². The molecule has 0 fully saturated rings. The average molecular weight is 754 g/mol. The smallest absolute Gasteiger partial charge is 0.0713 e. The van der Waals surface area contributed by atoms with E-state index in [9.17, 15) is 0 Å². The molecule has 0 N–H and O–H groups in total. The first-order valence-electron chi connectivity index (χ1n) is 20.7. The SMILES string of the molecule is CC1(C)c2ccccc2-c2ccc(N(c3ccc(-c4ccccc4)cc3)c3ccc(-c4ccc5c(c4)C(c4ccccc4)(c4ccccc4)c4ccccc4-5)cc3)cc21. The second kappa shape index (κ2) is 13.7. The van der Waals surface area contributed by atoms with Gasteiger partial charge in [0.15, 0.2) is 0 Å². The van der Waals surface area contributed by atoms with Crippen LogP contribution in [-0.2, 0) is 10.8 Å². The zero-order valence-corrected chi connectivity index (χ0v) is 33.3. The molecule has 11 rings (SSSR count). The molecule has 0 aromatic heterocycles. The maximum absolute atomic E-state index is 2.45. The highest BCUT2D eigenvalue weighted by Gasteiger charge is 2.46. The lowest BCUT2D eigenvalue weighted by Gasteiger charge is -2.34. The van der Waals surface area contributed by atoms with Crippen LogP contribution in [0.1, 0.15) is 47.2 Å². The van der Waals surface area contributed by atoms with Crippen LogP contribution in [0.2, 0.25) is 0 Å². The first kappa shape index (κ1) is 35.0. The number of anilines is 3. The van der Waals surface area contributed by atoms with E-state index in [1.54, 1.807) is 0 Å². The summed E-state index contributed by atoms with van der Waals surface area (Å²) in [5.74, 6) is 0. The molecule has 0 heterocycles. The van der Waals surface area contributed by atoms with Gasteiger partial charge in [0.2, 0.25) is 0 Å². The molecular weight excluding hydrogens is 711 g/mol. The highest BCUT2D eigenvalue weighted by molar-refractivity contribution is 5.90. The lowest BCUT2D eigenvalue weighted by molar-refractivity contribution is 0.660. The quantitative estimate of drug-likeness (QED) is 0.157. The second-order valence-electron chi connectivity index (χ2n) is 16.5. The highest BCUT2D eigenvalue weighted by atomic mass is 15.1. The summed E-state index contributed by atoms with van der Waals surface area (Å²) in [6, 6.07) is 82.9. The Bertz CT molecular complexity index is 2940. The van der Waals surface area contributed by atoms with Crippen LogP contribution in [0.4, 0.5) is 17.1 Å². The summed E-state index contributed by atoms with van der Waals surface area (Å²) in [5, 5.41) is 0. The van der Waals surface area contributed by atoms with Crippen molar-refractivity contribution >= 4 is 17.1 Å². The molecule has 0 atom stereocenters. The molecule has 0 unspecified atom stereocenters. The zero-order valence-electron chi connectivity index (χ0n) is 33.3. The molecule has 1 nitrogen and oxygen atoms in total. The Morgan fingerprint density at radius 1 is 0.288 bits per heavy atom. The Morgan fingerprint density at radius 2 is 0.695 bits per heavy atom. The predicted molar refractivity (Wildman–Crippen MR) is 247 cm³/mol. The van der Waals surface area contributed by atoms with Gasteiger partial charge in [-0.3, -0.25) is 0 Å². The van der Waals surface area contributed by atoms with Crippen LogP contribution in [-0.4, -0.2) is 0 Å². The molecule has 0 bridgehead atoms. The Morgan fingerprint density at radius 3 is 1.31 bits per heavy atom. The molecule has 280 valence electrons. The van der Waals surface area contributed by atoms with Gasteiger partial charge in [-0.15, -0.1) is 0 Å². The van der Waals surface area contributed by atoms with Crippen molar-refractivity contribution in [3.63, 3.8) is 0 Å². The number of hydrogen-bond donors (Lipinski definition) is 0. The van der Waals surface area contributed by atoms with Crippen molar-refractivity contribution < 1.29 is 0 Å². The minimum Gasteiger partial charge on any atom is -0.310 e. The fourth-order valence-corrected chi connectivity index (χ4v) is 10.1. The van der Waals surface area contributed by atoms with Gasteiger partial charge in [-0.05, 0) is 120 Å². The van der Waals surface area contributed by atoms with Crippen molar-refractivity contribution in [2.45, 2.75) is 24.7 Å². The van der Waals surface area contributed by atoms with E-state index in [4.69, 9.17) is 0 Å². The fraction of sp³-hybridized carbons (Fsp3) is 0.0690. The molecule has 0 spiro atoms. The summed E-state index contributed by atoms with van der Waals surface area (Å²) in [6.45, 7) is 4.71. The van der Waals surface area contributed by atoms with E-state index < -0.39 is 5.41 Å². The minimum absolute atomic E-state index is 0.101. The van der Waals surface area contributed by atoms with Crippen LogP contribution in [0.25, 0.3) is 44.5 Å². The van der Waals surface area contributed by atoms with Gasteiger partial charge in [0.05, 0.1) is 5.41 Å². The van der Waals surface area contributed by atoms with E-state index in [1.165, 1.54) is 77.9 Å². The molecule has 0 amide bonds. The molecule has 0 saturated carbocycles. The standard InChI is InChI=1S/C58H43N/c1-57(2)53-24-14-12-22-49(53)51-37-35-48(39-55(51)57)59(46-31-26-41(27-32-46)40-16-6-3-7-17-40)47-33-28-42(29-34-47)43-30-36-52-50-23-13-15-25-54(50)58(56(52)38-43,44-18-8-4-9-19-44)45-20-10-5-11-21-45/h3-39H,1-2H3. The molecule has 0 saturated heterocycles. The Hall–Kier alpha value is -7.22. The third-order valence-electron chi connectivity index (χ3n) is 13.0. The fourth-order valence-electron chi connectivity index (χ4n) is 10.1. The summed E-state index contributed by atoms with van der Waals surface area (Å²) in [6.07, 6.45) is 0. The minimum atomic E-state index is -0.436. The summed E-state index contributed by atoms with van der Waals surface area (Å²) < 4.78 is 0. The van der Waals surface area contributed by atoms with Crippen LogP contribution in [0.15, 0.2) is 224 Å². The molecule has 9 aromatic rings. The summed E-state index contributed by atoms with van der Waals surface area (Å²) in [7, 11) is 0. The summed E-state index contributed by atoms with van der Waals surface area (Å²) >= 11 is 0. The first-order chi connectivity index (χ1) is 29.0. The van der Waals surface area contributed by atoms with Crippen molar-refractivity contribution in [1.29, 1.82) is 0 Å². The number of hydrogen-bond acceptors (Lipinski definition) is 1. The third kappa shape index (κ3) is 5.46. The number of benzene rings is 9. The lowest BCUT2D eigenvalue weighted by atomic mass is 9.67. The largest absolute Gasteiger partial charge is 0.310 e. The van der Waals surface area contributed by atoms with Crippen molar-refractivity contribution in [1.82, 2.24) is 0 Å². The van der Waals surface area contributed by atoms with Crippen LogP contribution < -0.4 is 4.90 Å². The molecule has 59 heavy (non-hydrogen) atoms. The number of fused-ring (bicyclic) bond motifs is 6. The van der Waals surface area contributed by atoms with Crippen LogP contribution in [0.3, 0.4) is 0 Å². The van der Waals surface area contributed by atoms with Crippen molar-refractivity contribution in [3.8, 4) is 44.5 Å². The molecule has 2 aliphatic rings. The molecule has 1 heteroatoms. The van der Waals surface area contributed by atoms with Gasteiger partial charge in [0.25, 0.3) is 0 Å². The van der Waals surface area contributed by atoms with E-state index in [0.717, 1.165) is 17.1 Å².